The fourth-order valence-electron chi connectivity index (χ4n) is 3.54. The van der Waals surface area contributed by atoms with Crippen molar-refractivity contribution in [3.8, 4) is 5.75 Å². The summed E-state index contributed by atoms with van der Waals surface area (Å²) in [6, 6.07) is 4.80. The zero-order valence-electron chi connectivity index (χ0n) is 16.9. The summed E-state index contributed by atoms with van der Waals surface area (Å²) in [5.41, 5.74) is -0.781. The van der Waals surface area contributed by atoms with Crippen molar-refractivity contribution in [3.05, 3.63) is 34.2 Å². The number of ether oxygens (including phenoxy) is 3. The van der Waals surface area contributed by atoms with Gasteiger partial charge in [0.1, 0.15) is 35.3 Å². The van der Waals surface area contributed by atoms with Crippen LogP contribution in [0.3, 0.4) is 0 Å². The zero-order chi connectivity index (χ0) is 21.5. The number of aryl methyl sites for hydroxylation is 1. The molecule has 0 unspecified atom stereocenters. The first kappa shape index (κ1) is 21.3. The van der Waals surface area contributed by atoms with Crippen molar-refractivity contribution in [3.63, 3.8) is 0 Å². The lowest BCUT2D eigenvalue weighted by molar-refractivity contribution is -0.306. The molecule has 1 aliphatic rings. The SMILES string of the molecule is CO[C@H]1[C@H](O)[C@H](O)[C@@H](Oc2ccc3cc(NC(C)=O)c(=O)oc3c2C)OC1(C)C. The number of fused-ring (bicyclic) bond motifs is 1. The summed E-state index contributed by atoms with van der Waals surface area (Å²) in [5, 5.41) is 23.8. The Bertz CT molecular complexity index is 982. The maximum atomic E-state index is 12.1. The molecule has 0 radical (unpaired) electrons. The summed E-state index contributed by atoms with van der Waals surface area (Å²) < 4.78 is 22.2. The van der Waals surface area contributed by atoms with Gasteiger partial charge in [-0.3, -0.25) is 4.79 Å². The maximum Gasteiger partial charge on any atom is 0.360 e. The van der Waals surface area contributed by atoms with Crippen molar-refractivity contribution >= 4 is 22.6 Å². The van der Waals surface area contributed by atoms with Crippen LogP contribution in [-0.2, 0) is 14.3 Å². The predicted molar refractivity (Wildman–Crippen MR) is 104 cm³/mol. The predicted octanol–water partition coefficient (Wildman–Crippen LogP) is 1.31. The third kappa shape index (κ3) is 3.99. The number of rotatable bonds is 4. The van der Waals surface area contributed by atoms with Gasteiger partial charge in [0, 0.05) is 25.0 Å². The van der Waals surface area contributed by atoms with E-state index in [2.05, 4.69) is 5.32 Å². The van der Waals surface area contributed by atoms with Gasteiger partial charge in [0.2, 0.25) is 12.2 Å². The highest BCUT2D eigenvalue weighted by molar-refractivity contribution is 5.91. The van der Waals surface area contributed by atoms with Crippen LogP contribution in [0.1, 0.15) is 26.3 Å². The number of nitrogens with one attached hydrogen (secondary N) is 1. The van der Waals surface area contributed by atoms with E-state index in [-0.39, 0.29) is 17.2 Å². The van der Waals surface area contributed by atoms with Crippen LogP contribution in [0, 0.1) is 6.92 Å². The molecule has 9 heteroatoms. The molecule has 3 N–H and O–H groups in total. The molecule has 1 amide bonds. The highest BCUT2D eigenvalue weighted by Crippen LogP contribution is 2.34. The van der Waals surface area contributed by atoms with Gasteiger partial charge in [0.25, 0.3) is 0 Å². The smallest absolute Gasteiger partial charge is 0.360 e. The number of hydrogen-bond acceptors (Lipinski definition) is 8. The van der Waals surface area contributed by atoms with Gasteiger partial charge in [-0.15, -0.1) is 0 Å². The van der Waals surface area contributed by atoms with Crippen LogP contribution in [-0.4, -0.2) is 53.4 Å². The number of aliphatic hydroxyl groups is 2. The molecule has 0 aliphatic carbocycles. The van der Waals surface area contributed by atoms with Gasteiger partial charge in [-0.25, -0.2) is 4.79 Å². The number of aliphatic hydroxyl groups excluding tert-OH is 2. The van der Waals surface area contributed by atoms with Crippen molar-refractivity contribution < 1.29 is 33.6 Å². The average Bonchev–Trinajstić information content (AvgIpc) is 2.63. The van der Waals surface area contributed by atoms with Crippen molar-refractivity contribution in [2.45, 2.75) is 57.9 Å². The molecule has 0 spiro atoms. The molecular weight excluding hydrogens is 382 g/mol. The number of hydrogen-bond donors (Lipinski definition) is 3. The van der Waals surface area contributed by atoms with E-state index in [1.165, 1.54) is 20.1 Å². The molecule has 2 heterocycles. The molecule has 158 valence electrons. The Kier molecular flexibility index (Phi) is 5.68. The number of carbonyl (C=O) groups is 1. The Labute approximate surface area is 167 Å². The normalized spacial score (nSPS) is 26.3. The van der Waals surface area contributed by atoms with Crippen LogP contribution in [0.2, 0.25) is 0 Å². The average molecular weight is 407 g/mol. The van der Waals surface area contributed by atoms with Crippen LogP contribution in [0.25, 0.3) is 11.0 Å². The van der Waals surface area contributed by atoms with E-state index in [0.29, 0.717) is 16.7 Å². The van der Waals surface area contributed by atoms with Crippen molar-refractivity contribution in [1.29, 1.82) is 0 Å². The van der Waals surface area contributed by atoms with Gasteiger partial charge >= 0.3 is 5.63 Å². The van der Waals surface area contributed by atoms with Crippen molar-refractivity contribution in [2.75, 3.05) is 12.4 Å². The highest BCUT2D eigenvalue weighted by atomic mass is 16.7. The summed E-state index contributed by atoms with van der Waals surface area (Å²) in [6.07, 6.45) is -4.46. The molecule has 29 heavy (non-hydrogen) atoms. The van der Waals surface area contributed by atoms with Crippen LogP contribution >= 0.6 is 0 Å². The largest absolute Gasteiger partial charge is 0.462 e. The fraction of sp³-hybridized carbons (Fsp3) is 0.500. The third-order valence-corrected chi connectivity index (χ3v) is 4.95. The second-order valence-electron chi connectivity index (χ2n) is 7.58. The lowest BCUT2D eigenvalue weighted by Crippen LogP contribution is -2.63. The number of amides is 1. The Morgan fingerprint density at radius 1 is 1.24 bits per heavy atom. The maximum absolute atomic E-state index is 12.1. The van der Waals surface area contributed by atoms with Gasteiger partial charge in [-0.05, 0) is 39.0 Å². The van der Waals surface area contributed by atoms with Gasteiger partial charge < -0.3 is 34.2 Å². The highest BCUT2D eigenvalue weighted by Gasteiger charge is 2.50. The molecule has 1 aromatic heterocycles. The van der Waals surface area contributed by atoms with Crippen LogP contribution in [0.5, 0.6) is 5.75 Å². The summed E-state index contributed by atoms with van der Waals surface area (Å²) >= 11 is 0. The molecule has 1 aliphatic heterocycles. The number of anilines is 1. The van der Waals surface area contributed by atoms with Gasteiger partial charge in [0.15, 0.2) is 0 Å². The fourth-order valence-corrected chi connectivity index (χ4v) is 3.54. The summed E-state index contributed by atoms with van der Waals surface area (Å²) in [4.78, 5) is 23.4. The molecule has 2 aromatic rings. The third-order valence-electron chi connectivity index (χ3n) is 4.95. The van der Waals surface area contributed by atoms with E-state index in [4.69, 9.17) is 18.6 Å². The van der Waals surface area contributed by atoms with Crippen molar-refractivity contribution in [2.24, 2.45) is 0 Å². The minimum Gasteiger partial charge on any atom is -0.462 e. The molecule has 3 rings (SSSR count). The Morgan fingerprint density at radius 2 is 1.93 bits per heavy atom. The molecule has 0 saturated carbocycles. The van der Waals surface area contributed by atoms with E-state index >= 15 is 0 Å². The van der Waals surface area contributed by atoms with Gasteiger partial charge in [-0.2, -0.15) is 0 Å². The van der Waals surface area contributed by atoms with Crippen LogP contribution in [0.4, 0.5) is 5.69 Å². The molecular formula is C20H25NO8. The minimum atomic E-state index is -1.35. The second-order valence-corrected chi connectivity index (χ2v) is 7.58. The van der Waals surface area contributed by atoms with Gasteiger partial charge in [-0.1, -0.05) is 0 Å². The molecule has 1 aromatic carbocycles. The Balaban J connectivity index is 1.93. The summed E-state index contributed by atoms with van der Waals surface area (Å²) in [5.74, 6) is -0.0665. The Morgan fingerprint density at radius 3 is 2.55 bits per heavy atom. The van der Waals surface area contributed by atoms with Crippen LogP contribution < -0.4 is 15.7 Å². The van der Waals surface area contributed by atoms with E-state index < -0.39 is 35.8 Å². The molecule has 4 atom stereocenters. The molecule has 1 fully saturated rings. The summed E-state index contributed by atoms with van der Waals surface area (Å²) in [6.45, 7) is 6.43. The topological polar surface area (TPSA) is 127 Å². The lowest BCUT2D eigenvalue weighted by atomic mass is 9.89. The first-order chi connectivity index (χ1) is 13.5. The number of carbonyl (C=O) groups excluding carboxylic acids is 1. The van der Waals surface area contributed by atoms with Gasteiger partial charge in [0.05, 0.1) is 5.60 Å². The first-order valence-electron chi connectivity index (χ1n) is 9.13. The van der Waals surface area contributed by atoms with Crippen LogP contribution in [0.15, 0.2) is 27.4 Å². The Hall–Kier alpha value is -2.46. The summed E-state index contributed by atoms with van der Waals surface area (Å²) in [7, 11) is 1.43. The zero-order valence-corrected chi connectivity index (χ0v) is 16.9. The molecule has 0 bridgehead atoms. The second kappa shape index (κ2) is 7.75. The van der Waals surface area contributed by atoms with Crippen molar-refractivity contribution in [1.82, 2.24) is 0 Å². The van der Waals surface area contributed by atoms with E-state index in [0.717, 1.165) is 0 Å². The lowest BCUT2D eigenvalue weighted by Gasteiger charge is -2.46. The monoisotopic (exact) mass is 407 g/mol. The van der Waals surface area contributed by atoms with E-state index in [1.807, 2.05) is 0 Å². The quantitative estimate of drug-likeness (QED) is 0.648. The van der Waals surface area contributed by atoms with E-state index in [9.17, 15) is 19.8 Å². The number of benzene rings is 1. The number of methoxy groups -OCH3 is 1. The van der Waals surface area contributed by atoms with E-state index in [1.54, 1.807) is 32.9 Å². The molecule has 1 saturated heterocycles. The standard InChI is InChI=1S/C20H25NO8/c1-9-13(27-19-15(24)14(23)17(26-5)20(3,4)29-19)7-6-11-8-12(21-10(2)22)18(25)28-16(9)11/h6-8,14-15,17,19,23-24H,1-5H3,(H,21,22)/t14-,15+,17+,19+/m1/s1. The minimum absolute atomic E-state index is 0.0413. The first-order valence-corrected chi connectivity index (χ1v) is 9.13. The molecule has 9 nitrogen and oxygen atoms in total.